The average Bonchev–Trinajstić information content (AvgIpc) is 3.17. The van der Waals surface area contributed by atoms with Gasteiger partial charge in [-0.1, -0.05) is 6.07 Å². The Bertz CT molecular complexity index is 576. The highest BCUT2D eigenvalue weighted by Crippen LogP contribution is 2.10. The van der Waals surface area contributed by atoms with Crippen molar-refractivity contribution in [1.82, 2.24) is 30.4 Å². The van der Waals surface area contributed by atoms with E-state index in [1.165, 1.54) is 0 Å². The molecule has 0 atom stereocenters. The summed E-state index contributed by atoms with van der Waals surface area (Å²) in [5.41, 5.74) is 0.709. The minimum Gasteiger partial charge on any atom is -0.331 e. The van der Waals surface area contributed by atoms with Gasteiger partial charge in [-0.05, 0) is 25.0 Å². The molecule has 0 aliphatic carbocycles. The monoisotopic (exact) mass is 272 g/mol. The molecule has 20 heavy (non-hydrogen) atoms. The lowest BCUT2D eigenvalue weighted by molar-refractivity contribution is 0.208. The van der Waals surface area contributed by atoms with Gasteiger partial charge in [-0.2, -0.15) is 5.10 Å². The lowest BCUT2D eigenvalue weighted by atomic mass is 10.3. The Balaban J connectivity index is 1.59. The number of aromatic nitrogens is 4. The third-order valence-electron chi connectivity index (χ3n) is 3.23. The fraction of sp³-hybridized carbons (Fsp3) is 0.385. The third-order valence-corrected chi connectivity index (χ3v) is 3.23. The zero-order chi connectivity index (χ0) is 13.8. The third kappa shape index (κ3) is 2.76. The largest absolute Gasteiger partial charge is 0.331 e. The van der Waals surface area contributed by atoms with Crippen molar-refractivity contribution >= 4 is 6.03 Å². The van der Waals surface area contributed by atoms with E-state index in [4.69, 9.17) is 0 Å². The first-order valence-electron chi connectivity index (χ1n) is 6.68. The number of rotatable bonds is 3. The maximum Gasteiger partial charge on any atom is 0.317 e. The highest BCUT2D eigenvalue weighted by molar-refractivity contribution is 5.74. The molecule has 1 saturated heterocycles. The fourth-order valence-electron chi connectivity index (χ4n) is 2.18. The minimum absolute atomic E-state index is 0.0433. The van der Waals surface area contributed by atoms with Gasteiger partial charge in [0, 0.05) is 19.3 Å². The summed E-state index contributed by atoms with van der Waals surface area (Å²) >= 11 is 0. The number of nitrogens with zero attached hydrogens (tertiary/aromatic N) is 4. The van der Waals surface area contributed by atoms with Crippen LogP contribution in [0.2, 0.25) is 0 Å². The van der Waals surface area contributed by atoms with E-state index in [-0.39, 0.29) is 6.03 Å². The van der Waals surface area contributed by atoms with Crippen LogP contribution in [0, 0.1) is 0 Å². The highest BCUT2D eigenvalue weighted by Gasteiger charge is 2.17. The molecular weight excluding hydrogens is 256 g/mol. The normalized spacial score (nSPS) is 14.5. The first-order chi connectivity index (χ1) is 9.83. The maximum absolute atomic E-state index is 11.8. The van der Waals surface area contributed by atoms with E-state index in [9.17, 15) is 4.79 Å². The zero-order valence-electron chi connectivity index (χ0n) is 11.0. The van der Waals surface area contributed by atoms with Crippen molar-refractivity contribution < 1.29 is 4.79 Å². The predicted octanol–water partition coefficient (Wildman–Crippen LogP) is 1.17. The van der Waals surface area contributed by atoms with Crippen molar-refractivity contribution in [3.8, 4) is 11.5 Å². The fourth-order valence-corrected chi connectivity index (χ4v) is 2.18. The van der Waals surface area contributed by atoms with Crippen LogP contribution in [0.25, 0.3) is 11.5 Å². The molecule has 7 heteroatoms. The predicted molar refractivity (Wildman–Crippen MR) is 72.7 cm³/mol. The topological polar surface area (TPSA) is 86.8 Å². The molecule has 1 aliphatic rings. The molecule has 2 aromatic rings. The van der Waals surface area contributed by atoms with Gasteiger partial charge in [0.25, 0.3) is 0 Å². The molecule has 3 rings (SSSR count). The SMILES string of the molecule is O=C(NCc1nc(-c2ccccn2)n[nH]1)N1CCCC1. The summed E-state index contributed by atoms with van der Waals surface area (Å²) in [4.78, 5) is 22.1. The summed E-state index contributed by atoms with van der Waals surface area (Å²) in [7, 11) is 0. The van der Waals surface area contributed by atoms with Gasteiger partial charge in [0.05, 0.1) is 6.54 Å². The Hall–Kier alpha value is -2.44. The number of aromatic amines is 1. The van der Waals surface area contributed by atoms with Gasteiger partial charge in [0.2, 0.25) is 0 Å². The molecule has 2 amide bonds. The molecule has 0 saturated carbocycles. The Morgan fingerprint density at radius 1 is 1.35 bits per heavy atom. The number of H-pyrrole nitrogens is 1. The van der Waals surface area contributed by atoms with Crippen LogP contribution in [0.5, 0.6) is 0 Å². The number of carbonyl (C=O) groups is 1. The smallest absolute Gasteiger partial charge is 0.317 e. The number of pyridine rings is 1. The van der Waals surface area contributed by atoms with Crippen LogP contribution in [0.4, 0.5) is 4.79 Å². The van der Waals surface area contributed by atoms with Crippen molar-refractivity contribution in [2.45, 2.75) is 19.4 Å². The van der Waals surface area contributed by atoms with Crippen molar-refractivity contribution in [3.05, 3.63) is 30.2 Å². The van der Waals surface area contributed by atoms with Crippen LogP contribution in [0.3, 0.4) is 0 Å². The second kappa shape index (κ2) is 5.68. The van der Waals surface area contributed by atoms with E-state index >= 15 is 0 Å². The molecule has 1 aliphatic heterocycles. The van der Waals surface area contributed by atoms with Gasteiger partial charge < -0.3 is 10.2 Å². The summed E-state index contributed by atoms with van der Waals surface area (Å²) in [5, 5.41) is 9.75. The molecule has 3 heterocycles. The average molecular weight is 272 g/mol. The number of amides is 2. The summed E-state index contributed by atoms with van der Waals surface area (Å²) in [6.45, 7) is 2.01. The van der Waals surface area contributed by atoms with E-state index in [1.54, 1.807) is 6.20 Å². The van der Waals surface area contributed by atoms with Crippen LogP contribution in [-0.4, -0.2) is 44.2 Å². The summed E-state index contributed by atoms with van der Waals surface area (Å²) < 4.78 is 0. The second-order valence-corrected chi connectivity index (χ2v) is 4.67. The van der Waals surface area contributed by atoms with Crippen LogP contribution in [-0.2, 0) is 6.54 Å². The van der Waals surface area contributed by atoms with E-state index in [0.29, 0.717) is 23.9 Å². The van der Waals surface area contributed by atoms with E-state index in [1.807, 2.05) is 23.1 Å². The van der Waals surface area contributed by atoms with Gasteiger partial charge in [-0.3, -0.25) is 10.1 Å². The van der Waals surface area contributed by atoms with Gasteiger partial charge in [0.15, 0.2) is 5.82 Å². The number of likely N-dealkylation sites (tertiary alicyclic amines) is 1. The van der Waals surface area contributed by atoms with Gasteiger partial charge in [-0.15, -0.1) is 0 Å². The maximum atomic E-state index is 11.8. The Morgan fingerprint density at radius 2 is 2.20 bits per heavy atom. The molecule has 0 radical (unpaired) electrons. The first-order valence-corrected chi connectivity index (χ1v) is 6.68. The minimum atomic E-state index is -0.0433. The van der Waals surface area contributed by atoms with E-state index in [0.717, 1.165) is 25.9 Å². The van der Waals surface area contributed by atoms with Crippen LogP contribution in [0.1, 0.15) is 18.7 Å². The quantitative estimate of drug-likeness (QED) is 0.878. The summed E-state index contributed by atoms with van der Waals surface area (Å²) in [6, 6.07) is 5.52. The Kier molecular flexibility index (Phi) is 3.58. The standard InChI is InChI=1S/C13H16N6O/c20-13(19-7-3-4-8-19)15-9-11-16-12(18-17-11)10-5-1-2-6-14-10/h1-2,5-6H,3-4,7-9H2,(H,15,20)(H,16,17,18). The van der Waals surface area contributed by atoms with Gasteiger partial charge >= 0.3 is 6.03 Å². The molecule has 104 valence electrons. The molecule has 7 nitrogen and oxygen atoms in total. The molecular formula is C13H16N6O. The highest BCUT2D eigenvalue weighted by atomic mass is 16.2. The van der Waals surface area contributed by atoms with Crippen LogP contribution >= 0.6 is 0 Å². The van der Waals surface area contributed by atoms with Crippen molar-refractivity contribution in [1.29, 1.82) is 0 Å². The number of carbonyl (C=O) groups excluding carboxylic acids is 1. The van der Waals surface area contributed by atoms with Gasteiger partial charge in [-0.25, -0.2) is 9.78 Å². The van der Waals surface area contributed by atoms with Crippen molar-refractivity contribution in [2.24, 2.45) is 0 Å². The molecule has 1 fully saturated rings. The molecule has 0 spiro atoms. The molecule has 0 aromatic carbocycles. The number of hydrogen-bond acceptors (Lipinski definition) is 4. The number of urea groups is 1. The molecule has 2 aromatic heterocycles. The second-order valence-electron chi connectivity index (χ2n) is 4.67. The summed E-state index contributed by atoms with van der Waals surface area (Å²) in [5.74, 6) is 1.16. The van der Waals surface area contributed by atoms with Gasteiger partial charge in [0.1, 0.15) is 11.5 Å². The van der Waals surface area contributed by atoms with E-state index < -0.39 is 0 Å². The van der Waals surface area contributed by atoms with Crippen LogP contribution < -0.4 is 5.32 Å². The molecule has 0 unspecified atom stereocenters. The van der Waals surface area contributed by atoms with Crippen molar-refractivity contribution in [3.63, 3.8) is 0 Å². The first kappa shape index (κ1) is 12.6. The van der Waals surface area contributed by atoms with E-state index in [2.05, 4.69) is 25.5 Å². The van der Waals surface area contributed by atoms with Crippen molar-refractivity contribution in [2.75, 3.05) is 13.1 Å². The van der Waals surface area contributed by atoms with Crippen LogP contribution in [0.15, 0.2) is 24.4 Å². The lowest BCUT2D eigenvalue weighted by Crippen LogP contribution is -2.37. The Morgan fingerprint density at radius 3 is 2.95 bits per heavy atom. The number of nitrogens with one attached hydrogen (secondary N) is 2. The zero-order valence-corrected chi connectivity index (χ0v) is 11.0. The summed E-state index contributed by atoms with van der Waals surface area (Å²) in [6.07, 6.45) is 3.86. The number of hydrogen-bond donors (Lipinski definition) is 2. The molecule has 2 N–H and O–H groups in total. The lowest BCUT2D eigenvalue weighted by Gasteiger charge is -2.15. The Labute approximate surface area is 116 Å². The molecule has 0 bridgehead atoms.